The Balaban J connectivity index is 1.57. The fraction of sp³-hybridized carbons (Fsp3) is 0.276. The zero-order valence-corrected chi connectivity index (χ0v) is 20.3. The molecule has 0 radical (unpaired) electrons. The van der Waals surface area contributed by atoms with E-state index in [4.69, 9.17) is 9.15 Å². The summed E-state index contributed by atoms with van der Waals surface area (Å²) in [6.07, 6.45) is -1.92. The van der Waals surface area contributed by atoms with Crippen LogP contribution in [0.2, 0.25) is 0 Å². The van der Waals surface area contributed by atoms with Crippen molar-refractivity contribution in [3.63, 3.8) is 0 Å². The highest BCUT2D eigenvalue weighted by molar-refractivity contribution is 5.83. The number of phenols is 1. The lowest BCUT2D eigenvalue weighted by Gasteiger charge is -2.30. The molecule has 3 aromatic carbocycles. The van der Waals surface area contributed by atoms with E-state index in [9.17, 15) is 23.1 Å². The number of piperidine rings is 1. The highest BCUT2D eigenvalue weighted by Gasteiger charge is 2.41. The van der Waals surface area contributed by atoms with Crippen molar-refractivity contribution in [1.82, 2.24) is 0 Å². The third-order valence-electron chi connectivity index (χ3n) is 7.02. The van der Waals surface area contributed by atoms with Crippen LogP contribution in [0.4, 0.5) is 13.2 Å². The average molecular weight is 511 g/mol. The third kappa shape index (κ3) is 5.06. The Kier molecular flexibility index (Phi) is 6.69. The minimum absolute atomic E-state index is 0.0687. The van der Waals surface area contributed by atoms with Crippen LogP contribution in [0, 0.1) is 0 Å². The van der Waals surface area contributed by atoms with Crippen molar-refractivity contribution in [3.8, 4) is 28.4 Å². The minimum atomic E-state index is -4.99. The predicted octanol–water partition coefficient (Wildman–Crippen LogP) is 5.93. The lowest BCUT2D eigenvalue weighted by atomic mass is 10.0. The first-order valence-electron chi connectivity index (χ1n) is 12.3. The molecule has 5 rings (SSSR count). The van der Waals surface area contributed by atoms with Crippen LogP contribution in [-0.2, 0) is 12.7 Å². The summed E-state index contributed by atoms with van der Waals surface area (Å²) in [5, 5.41) is 10.5. The first-order chi connectivity index (χ1) is 17.7. The second kappa shape index (κ2) is 9.94. The fourth-order valence-corrected chi connectivity index (χ4v) is 4.94. The van der Waals surface area contributed by atoms with Gasteiger partial charge in [-0.1, -0.05) is 42.5 Å². The van der Waals surface area contributed by atoms with Gasteiger partial charge in [-0.25, -0.2) is 0 Å². The molecule has 8 heteroatoms. The third-order valence-corrected chi connectivity index (χ3v) is 7.02. The molecule has 0 aliphatic carbocycles. The molecule has 1 saturated heterocycles. The van der Waals surface area contributed by atoms with Crippen LogP contribution in [0.1, 0.15) is 37.5 Å². The maximum Gasteiger partial charge on any atom is 0.453 e. The molecule has 1 fully saturated rings. The Hall–Kier alpha value is -3.78. The second-order valence-electron chi connectivity index (χ2n) is 9.50. The van der Waals surface area contributed by atoms with E-state index in [1.54, 1.807) is 12.1 Å². The molecule has 192 valence electrons. The standard InChI is InChI=1S/C29H26F3NO4/c1-18-7-5-6-16-33(18)17-23-24(34)15-14-22-25(35)27(28(29(30,31)32)37-26(22)23)36-21-12-10-20(11-13-21)19-8-3-2-4-9-19/h2-4,8-15,18,34H,5-7,16-17H2,1H3/p+1/t18-/m1/s1. The molecule has 2 N–H and O–H groups in total. The number of hydrogen-bond donors (Lipinski definition) is 2. The summed E-state index contributed by atoms with van der Waals surface area (Å²) >= 11 is 0. The van der Waals surface area contributed by atoms with Gasteiger partial charge in [0.1, 0.15) is 18.0 Å². The van der Waals surface area contributed by atoms with Gasteiger partial charge in [0.05, 0.1) is 23.5 Å². The SMILES string of the molecule is C[C@@H]1CCCC[NH+]1Cc1c(O)ccc2c(=O)c(Oc3ccc(-c4ccccc4)cc3)c(C(F)(F)F)oc12. The Morgan fingerprint density at radius 3 is 2.38 bits per heavy atom. The number of likely N-dealkylation sites (tertiary alicyclic amines) is 1. The monoisotopic (exact) mass is 510 g/mol. The molecule has 2 atom stereocenters. The van der Waals surface area contributed by atoms with Crippen molar-refractivity contribution in [2.24, 2.45) is 0 Å². The van der Waals surface area contributed by atoms with Crippen LogP contribution in [0.5, 0.6) is 17.2 Å². The Bertz CT molecular complexity index is 1460. The van der Waals surface area contributed by atoms with Gasteiger partial charge in [-0.3, -0.25) is 4.79 Å². The average Bonchev–Trinajstić information content (AvgIpc) is 2.88. The number of halogens is 3. The summed E-state index contributed by atoms with van der Waals surface area (Å²) in [6, 6.07) is 18.8. The van der Waals surface area contributed by atoms with Crippen LogP contribution in [0.3, 0.4) is 0 Å². The van der Waals surface area contributed by atoms with E-state index in [-0.39, 0.29) is 40.6 Å². The maximum atomic E-state index is 14.1. The summed E-state index contributed by atoms with van der Waals surface area (Å²) in [5.74, 6) is -2.57. The summed E-state index contributed by atoms with van der Waals surface area (Å²) in [6.45, 7) is 3.16. The molecule has 5 nitrogen and oxygen atoms in total. The Labute approximate surface area is 211 Å². The number of phenolic OH excluding ortho intramolecular Hbond substituents is 1. The number of rotatable bonds is 5. The van der Waals surface area contributed by atoms with E-state index in [1.807, 2.05) is 30.3 Å². The predicted molar refractivity (Wildman–Crippen MR) is 134 cm³/mol. The van der Waals surface area contributed by atoms with Gasteiger partial charge in [0.15, 0.2) is 5.58 Å². The van der Waals surface area contributed by atoms with Gasteiger partial charge in [0, 0.05) is 0 Å². The minimum Gasteiger partial charge on any atom is -0.507 e. The summed E-state index contributed by atoms with van der Waals surface area (Å²) in [7, 11) is 0. The Morgan fingerprint density at radius 1 is 1.00 bits per heavy atom. The summed E-state index contributed by atoms with van der Waals surface area (Å²) in [5.41, 5.74) is 0.789. The van der Waals surface area contributed by atoms with Crippen LogP contribution < -0.4 is 15.1 Å². The molecule has 1 unspecified atom stereocenters. The molecule has 0 spiro atoms. The molecular formula is C29H27F3NO4+. The lowest BCUT2D eigenvalue weighted by Crippen LogP contribution is -3.14. The van der Waals surface area contributed by atoms with E-state index in [2.05, 4.69) is 6.92 Å². The molecule has 1 aliphatic heterocycles. The molecule has 0 bridgehead atoms. The molecule has 1 aliphatic rings. The van der Waals surface area contributed by atoms with Crippen LogP contribution in [0.25, 0.3) is 22.1 Å². The van der Waals surface area contributed by atoms with Crippen molar-refractivity contribution >= 4 is 11.0 Å². The van der Waals surface area contributed by atoms with E-state index in [1.165, 1.54) is 24.3 Å². The van der Waals surface area contributed by atoms with Gasteiger partial charge in [-0.2, -0.15) is 13.2 Å². The van der Waals surface area contributed by atoms with Gasteiger partial charge >= 0.3 is 6.18 Å². The summed E-state index contributed by atoms with van der Waals surface area (Å²) in [4.78, 5) is 14.5. The number of fused-ring (bicyclic) bond motifs is 1. The van der Waals surface area contributed by atoms with Crippen molar-refractivity contribution in [3.05, 3.63) is 88.3 Å². The quantitative estimate of drug-likeness (QED) is 0.349. The Morgan fingerprint density at radius 2 is 1.70 bits per heavy atom. The molecule has 1 aromatic heterocycles. The van der Waals surface area contributed by atoms with Crippen LogP contribution in [-0.4, -0.2) is 17.7 Å². The van der Waals surface area contributed by atoms with E-state index in [0.717, 1.165) is 41.8 Å². The highest BCUT2D eigenvalue weighted by atomic mass is 19.4. The molecule has 2 heterocycles. The normalized spacial score (nSPS) is 18.2. The summed E-state index contributed by atoms with van der Waals surface area (Å²) < 4.78 is 53.2. The van der Waals surface area contributed by atoms with Gasteiger partial charge in [0.25, 0.3) is 5.76 Å². The number of aromatic hydroxyl groups is 1. The van der Waals surface area contributed by atoms with Crippen molar-refractivity contribution in [1.29, 1.82) is 0 Å². The number of ether oxygens (including phenoxy) is 1. The van der Waals surface area contributed by atoms with Gasteiger partial charge in [-0.15, -0.1) is 0 Å². The molecule has 0 saturated carbocycles. The zero-order chi connectivity index (χ0) is 26.2. The van der Waals surface area contributed by atoms with Crippen molar-refractivity contribution in [2.45, 2.75) is 44.9 Å². The van der Waals surface area contributed by atoms with Crippen molar-refractivity contribution in [2.75, 3.05) is 6.54 Å². The molecule has 0 amide bonds. The van der Waals surface area contributed by atoms with Crippen LogP contribution >= 0.6 is 0 Å². The number of alkyl halides is 3. The topological polar surface area (TPSA) is 64.1 Å². The molecule has 4 aromatic rings. The number of nitrogens with one attached hydrogen (secondary N) is 1. The number of benzene rings is 3. The first-order valence-corrected chi connectivity index (χ1v) is 12.3. The second-order valence-corrected chi connectivity index (χ2v) is 9.50. The number of quaternary nitrogens is 1. The van der Waals surface area contributed by atoms with Gasteiger partial charge in [-0.05, 0) is 61.6 Å². The van der Waals surface area contributed by atoms with E-state index < -0.39 is 23.1 Å². The molecular weight excluding hydrogens is 483 g/mol. The fourth-order valence-electron chi connectivity index (χ4n) is 4.94. The largest absolute Gasteiger partial charge is 0.507 e. The van der Waals surface area contributed by atoms with Crippen LogP contribution in [0.15, 0.2) is 75.9 Å². The van der Waals surface area contributed by atoms with Gasteiger partial charge in [0.2, 0.25) is 11.2 Å². The maximum absolute atomic E-state index is 14.1. The first kappa shape index (κ1) is 24.9. The van der Waals surface area contributed by atoms with E-state index in [0.29, 0.717) is 0 Å². The highest BCUT2D eigenvalue weighted by Crippen LogP contribution is 2.40. The number of hydrogen-bond acceptors (Lipinski definition) is 4. The van der Waals surface area contributed by atoms with Crippen molar-refractivity contribution < 1.29 is 32.3 Å². The van der Waals surface area contributed by atoms with E-state index >= 15 is 0 Å². The lowest BCUT2D eigenvalue weighted by molar-refractivity contribution is -0.941. The van der Waals surface area contributed by atoms with Gasteiger partial charge < -0.3 is 19.2 Å². The molecule has 37 heavy (non-hydrogen) atoms. The zero-order valence-electron chi connectivity index (χ0n) is 20.3. The smallest absolute Gasteiger partial charge is 0.453 e.